The number of amides is 9. The molecule has 0 saturated carbocycles. The van der Waals surface area contributed by atoms with Crippen LogP contribution in [0.2, 0.25) is 0 Å². The molecule has 0 fully saturated rings. The van der Waals surface area contributed by atoms with Gasteiger partial charge in [0.25, 0.3) is 0 Å². The second-order valence-electron chi connectivity index (χ2n) is 19.1. The fourth-order valence-electron chi connectivity index (χ4n) is 6.90. The van der Waals surface area contributed by atoms with Crippen LogP contribution in [-0.4, -0.2) is 137 Å². The van der Waals surface area contributed by atoms with Crippen LogP contribution < -0.4 is 59.7 Å². The molecule has 0 aliphatic rings. The Kier molecular flexibility index (Phi) is 29.3. The molecular weight excluding hydrogens is 903 g/mol. The van der Waals surface area contributed by atoms with E-state index in [1.807, 2.05) is 0 Å². The molecule has 0 bridgehead atoms. The molecule has 16 N–H and O–H groups in total. The summed E-state index contributed by atoms with van der Waals surface area (Å²) in [4.78, 5) is 143. The topological polar surface area (TPSA) is 403 Å². The van der Waals surface area contributed by atoms with E-state index in [9.17, 15) is 63.0 Å². The second kappa shape index (κ2) is 32.0. The molecule has 0 aromatic carbocycles. The van der Waals surface area contributed by atoms with Crippen LogP contribution >= 0.6 is 0 Å². The summed E-state index contributed by atoms with van der Waals surface area (Å²) in [7, 11) is 0. The fraction of sp³-hybridized carbons (Fsp3) is 0.756. The first kappa shape index (κ1) is 63.1. The predicted molar refractivity (Wildman–Crippen MR) is 254 cm³/mol. The molecule has 0 aromatic heterocycles. The maximum atomic E-state index is 13.8. The van der Waals surface area contributed by atoms with Crippen LogP contribution in [0.5, 0.6) is 0 Å². The Hall–Kier alpha value is -5.91. The summed E-state index contributed by atoms with van der Waals surface area (Å²) < 4.78 is 0. The molecule has 0 spiro atoms. The van der Waals surface area contributed by atoms with Crippen LogP contribution in [0.25, 0.3) is 0 Å². The number of carboxylic acids is 2. The summed E-state index contributed by atoms with van der Waals surface area (Å²) in [5.41, 5.74) is 16.4. The van der Waals surface area contributed by atoms with Gasteiger partial charge in [0, 0.05) is 0 Å². The number of carbonyl (C=O) groups excluding carboxylic acids is 9. The van der Waals surface area contributed by atoms with Gasteiger partial charge in [-0.1, -0.05) is 75.7 Å². The van der Waals surface area contributed by atoms with Gasteiger partial charge in [-0.15, -0.1) is 0 Å². The Labute approximate surface area is 405 Å². The molecule has 394 valence electrons. The first-order valence-electron chi connectivity index (χ1n) is 23.6. The summed E-state index contributed by atoms with van der Waals surface area (Å²) in [6, 6.07) is -10.5. The standard InChI is InChI=1S/C45H81N11O13/c1-11-26(10)37(56-42(65)31(18-24(6)7)54-44(67)36(25(8)9)55-38(61)27(47)19-33(48)57)43(66)49-21-34(58)50-32(20-35(59)60)41(64)53-30(17-23(4)5)40(63)52-29(16-22(2)3)39(62)51-28(45(68)69)14-12-13-15-46/h22-32,36-37H,11-21,46-47H2,1-10H3,(H2,48,57)(H,49,66)(H,50,58)(H,51,62)(H,52,63)(H,53,64)(H,54,67)(H,55,61)(H,56,65)(H,59,60)(H,68,69)/t26-,27-,28-,29-,30-,31-,32-,36-,37-/m0/s1. The van der Waals surface area contributed by atoms with Gasteiger partial charge in [-0.2, -0.15) is 0 Å². The van der Waals surface area contributed by atoms with Crippen molar-refractivity contribution in [3.05, 3.63) is 0 Å². The van der Waals surface area contributed by atoms with Crippen molar-refractivity contribution in [2.75, 3.05) is 13.1 Å². The van der Waals surface area contributed by atoms with E-state index in [2.05, 4.69) is 42.5 Å². The zero-order valence-electron chi connectivity index (χ0n) is 41.9. The monoisotopic (exact) mass is 984 g/mol. The highest BCUT2D eigenvalue weighted by molar-refractivity contribution is 5.98. The van der Waals surface area contributed by atoms with Crippen molar-refractivity contribution >= 4 is 65.1 Å². The Morgan fingerprint density at radius 1 is 0.507 bits per heavy atom. The minimum atomic E-state index is -1.75. The molecule has 24 nitrogen and oxygen atoms in total. The van der Waals surface area contributed by atoms with Crippen molar-refractivity contribution in [2.24, 2.45) is 46.8 Å². The summed E-state index contributed by atoms with van der Waals surface area (Å²) in [6.45, 7) is 16.9. The maximum absolute atomic E-state index is 13.8. The molecule has 0 radical (unpaired) electrons. The van der Waals surface area contributed by atoms with Gasteiger partial charge in [0.15, 0.2) is 0 Å². The van der Waals surface area contributed by atoms with Gasteiger partial charge in [0.05, 0.1) is 25.4 Å². The number of nitrogens with two attached hydrogens (primary N) is 3. The van der Waals surface area contributed by atoms with Crippen molar-refractivity contribution in [2.45, 2.75) is 175 Å². The zero-order chi connectivity index (χ0) is 53.3. The van der Waals surface area contributed by atoms with Crippen LogP contribution in [0.15, 0.2) is 0 Å². The van der Waals surface area contributed by atoms with Gasteiger partial charge >= 0.3 is 11.9 Å². The highest BCUT2D eigenvalue weighted by atomic mass is 16.4. The highest BCUT2D eigenvalue weighted by Gasteiger charge is 2.36. The van der Waals surface area contributed by atoms with Crippen LogP contribution in [0.3, 0.4) is 0 Å². The van der Waals surface area contributed by atoms with Crippen molar-refractivity contribution in [1.82, 2.24) is 42.5 Å². The number of hydrogen-bond donors (Lipinski definition) is 13. The molecule has 0 heterocycles. The second-order valence-corrected chi connectivity index (χ2v) is 19.1. The third-order valence-electron chi connectivity index (χ3n) is 10.8. The summed E-state index contributed by atoms with van der Waals surface area (Å²) >= 11 is 0. The van der Waals surface area contributed by atoms with E-state index in [1.165, 1.54) is 0 Å². The number of hydrogen-bond acceptors (Lipinski definition) is 13. The number of nitrogens with one attached hydrogen (secondary N) is 8. The zero-order valence-corrected chi connectivity index (χ0v) is 41.9. The minimum absolute atomic E-state index is 0.0145. The minimum Gasteiger partial charge on any atom is -0.481 e. The lowest BCUT2D eigenvalue weighted by molar-refractivity contribution is -0.142. The van der Waals surface area contributed by atoms with E-state index >= 15 is 0 Å². The molecule has 0 rings (SSSR count). The van der Waals surface area contributed by atoms with Gasteiger partial charge < -0.3 is 69.9 Å². The van der Waals surface area contributed by atoms with Gasteiger partial charge in [0.2, 0.25) is 53.2 Å². The number of carboxylic acid groups (broad SMARTS) is 2. The average Bonchev–Trinajstić information content (AvgIpc) is 3.23. The van der Waals surface area contributed by atoms with E-state index < -0.39 is 145 Å². The molecule has 9 amide bonds. The Morgan fingerprint density at radius 2 is 0.942 bits per heavy atom. The molecular formula is C45H81N11O13. The van der Waals surface area contributed by atoms with Gasteiger partial charge in [-0.05, 0) is 74.7 Å². The van der Waals surface area contributed by atoms with Gasteiger partial charge in [-0.3, -0.25) is 47.9 Å². The molecule has 0 saturated heterocycles. The summed E-state index contributed by atoms with van der Waals surface area (Å²) in [6.07, 6.45) is 0.268. The molecule has 9 atom stereocenters. The average molecular weight is 984 g/mol. The van der Waals surface area contributed by atoms with Crippen LogP contribution in [0, 0.1) is 29.6 Å². The molecule has 0 aliphatic carbocycles. The quantitative estimate of drug-likeness (QED) is 0.0317. The number of rotatable bonds is 34. The molecule has 0 aliphatic heterocycles. The normalized spacial score (nSPS) is 15.2. The van der Waals surface area contributed by atoms with E-state index in [1.54, 1.807) is 69.2 Å². The van der Waals surface area contributed by atoms with Crippen molar-refractivity contribution in [1.29, 1.82) is 0 Å². The SMILES string of the molecule is CC[C@H](C)[C@H](NC(=O)[C@H](CC(C)C)NC(=O)[C@@H](NC(=O)[C@@H](N)CC(N)=O)C(C)C)C(=O)NCC(=O)N[C@@H](CC(=O)O)C(=O)N[C@@H](CC(C)C)C(=O)N[C@@H](CC(C)C)C(=O)N[C@@H](CCCCN)C(=O)O. The summed E-state index contributed by atoms with van der Waals surface area (Å²) in [5.74, 6) is -11.9. The number of aliphatic carboxylic acids is 2. The molecule has 69 heavy (non-hydrogen) atoms. The van der Waals surface area contributed by atoms with E-state index in [0.717, 1.165) is 0 Å². The number of unbranched alkanes of at least 4 members (excludes halogenated alkanes) is 1. The van der Waals surface area contributed by atoms with Crippen LogP contribution in [0.1, 0.15) is 127 Å². The first-order valence-corrected chi connectivity index (χ1v) is 23.6. The van der Waals surface area contributed by atoms with Crippen LogP contribution in [-0.2, 0) is 52.7 Å². The molecule has 0 unspecified atom stereocenters. The smallest absolute Gasteiger partial charge is 0.326 e. The Morgan fingerprint density at radius 3 is 1.35 bits per heavy atom. The fourth-order valence-corrected chi connectivity index (χ4v) is 6.90. The lowest BCUT2D eigenvalue weighted by atomic mass is 9.96. The molecule has 0 aromatic rings. The summed E-state index contributed by atoms with van der Waals surface area (Å²) in [5, 5.41) is 39.3. The van der Waals surface area contributed by atoms with Crippen molar-refractivity contribution in [3.63, 3.8) is 0 Å². The van der Waals surface area contributed by atoms with Crippen molar-refractivity contribution in [3.8, 4) is 0 Å². The van der Waals surface area contributed by atoms with E-state index in [0.29, 0.717) is 25.8 Å². The predicted octanol–water partition coefficient (Wildman–Crippen LogP) is -1.77. The Balaban J connectivity index is 6.20. The third-order valence-corrected chi connectivity index (χ3v) is 10.8. The third kappa shape index (κ3) is 25.3. The lowest BCUT2D eigenvalue weighted by Gasteiger charge is -2.29. The number of primary amides is 1. The van der Waals surface area contributed by atoms with Crippen molar-refractivity contribution < 1.29 is 63.0 Å². The maximum Gasteiger partial charge on any atom is 0.326 e. The van der Waals surface area contributed by atoms with Gasteiger partial charge in [0.1, 0.15) is 42.3 Å². The van der Waals surface area contributed by atoms with Gasteiger partial charge in [-0.25, -0.2) is 4.79 Å². The highest BCUT2D eigenvalue weighted by Crippen LogP contribution is 2.14. The van der Waals surface area contributed by atoms with E-state index in [4.69, 9.17) is 17.2 Å². The largest absolute Gasteiger partial charge is 0.481 e. The lowest BCUT2D eigenvalue weighted by Crippen LogP contribution is -2.60. The van der Waals surface area contributed by atoms with Crippen LogP contribution in [0.4, 0.5) is 0 Å². The molecule has 24 heteroatoms. The van der Waals surface area contributed by atoms with E-state index in [-0.39, 0.29) is 43.4 Å². The first-order chi connectivity index (χ1) is 32.0. The number of carbonyl (C=O) groups is 11. The Bertz CT molecular complexity index is 1760.